The number of aryl methyl sites for hydroxylation is 2. The van der Waals surface area contributed by atoms with Crippen molar-refractivity contribution in [2.24, 2.45) is 0 Å². The Bertz CT molecular complexity index is 1250. The normalized spacial score (nSPS) is 13.2. The SMILES string of the molecule is CB(C)C#N.Cc1cn2nc(-c3cc(F)c4nc(C5CC5)cn4c3)cc(C)c2n1. The second kappa shape index (κ2) is 7.32. The van der Waals surface area contributed by atoms with Crippen molar-refractivity contribution in [1.29, 1.82) is 5.26 Å². The van der Waals surface area contributed by atoms with Gasteiger partial charge >= 0.3 is 0 Å². The number of halogens is 1. The Kier molecular flexibility index (Phi) is 4.83. The third-order valence-electron chi connectivity index (χ3n) is 4.80. The number of nitrogens with zero attached hydrogens (tertiary/aromatic N) is 6. The van der Waals surface area contributed by atoms with E-state index in [9.17, 15) is 4.39 Å². The molecule has 0 atom stereocenters. The summed E-state index contributed by atoms with van der Waals surface area (Å²) in [6.07, 6.45) is 8.01. The molecule has 0 aliphatic heterocycles. The summed E-state index contributed by atoms with van der Waals surface area (Å²) in [5, 5.41) is 12.5. The van der Waals surface area contributed by atoms with Gasteiger partial charge in [-0.15, -0.1) is 0 Å². The van der Waals surface area contributed by atoms with Crippen LogP contribution in [0.15, 0.2) is 30.7 Å². The molecule has 6 nitrogen and oxygen atoms in total. The van der Waals surface area contributed by atoms with E-state index >= 15 is 0 Å². The van der Waals surface area contributed by atoms with Crippen molar-refractivity contribution < 1.29 is 4.39 Å². The molecule has 0 saturated heterocycles. The monoisotopic (exact) mass is 388 g/mol. The Labute approximate surface area is 169 Å². The highest BCUT2D eigenvalue weighted by Crippen LogP contribution is 2.39. The van der Waals surface area contributed by atoms with Crippen LogP contribution in [-0.4, -0.2) is 30.7 Å². The molecule has 0 unspecified atom stereocenters. The van der Waals surface area contributed by atoms with Crippen LogP contribution in [-0.2, 0) is 0 Å². The maximum absolute atomic E-state index is 14.5. The number of pyridine rings is 1. The van der Waals surface area contributed by atoms with Crippen molar-refractivity contribution in [3.8, 4) is 17.2 Å². The fraction of sp³-hybridized carbons (Fsp3) is 0.333. The van der Waals surface area contributed by atoms with Crippen molar-refractivity contribution >= 4 is 18.0 Å². The Morgan fingerprint density at radius 3 is 2.48 bits per heavy atom. The van der Waals surface area contributed by atoms with E-state index in [1.165, 1.54) is 6.07 Å². The lowest BCUT2D eigenvalue weighted by Crippen LogP contribution is -1.98. The third-order valence-corrected chi connectivity index (χ3v) is 4.80. The van der Waals surface area contributed by atoms with Gasteiger partial charge in [0.15, 0.2) is 17.1 Å². The second-order valence-corrected chi connectivity index (χ2v) is 7.89. The lowest BCUT2D eigenvalue weighted by Gasteiger charge is -2.06. The molecular weight excluding hydrogens is 366 g/mol. The Morgan fingerprint density at radius 1 is 1.10 bits per heavy atom. The van der Waals surface area contributed by atoms with Crippen LogP contribution >= 0.6 is 0 Å². The zero-order chi connectivity index (χ0) is 20.7. The summed E-state index contributed by atoms with van der Waals surface area (Å²) in [6, 6.07) is 3.46. The number of rotatable bonds is 2. The minimum absolute atomic E-state index is 0.190. The first kappa shape index (κ1) is 19.1. The van der Waals surface area contributed by atoms with Crippen molar-refractivity contribution in [3.05, 3.63) is 53.5 Å². The fourth-order valence-electron chi connectivity index (χ4n) is 3.18. The smallest absolute Gasteiger partial charge is 0.261 e. The zero-order valence-electron chi connectivity index (χ0n) is 17.0. The number of nitriles is 1. The number of hydrogen-bond acceptors (Lipinski definition) is 4. The molecule has 1 aliphatic carbocycles. The van der Waals surface area contributed by atoms with Gasteiger partial charge in [-0.1, -0.05) is 13.6 Å². The summed E-state index contributed by atoms with van der Waals surface area (Å²) in [4.78, 5) is 8.89. The van der Waals surface area contributed by atoms with E-state index in [2.05, 4.69) is 15.1 Å². The standard InChI is InChI=1S/C18H16FN5.C3H6BN/c1-10-5-15(22-24-7-11(2)20-17(10)24)13-6-14(19)18-21-16(12-3-4-12)9-23(18)8-13;1-4(2)3-5/h5-9,12H,3-4H2,1-2H3;1-2H3. The van der Waals surface area contributed by atoms with Gasteiger partial charge in [0.1, 0.15) is 0 Å². The second-order valence-electron chi connectivity index (χ2n) is 7.89. The van der Waals surface area contributed by atoms with Gasteiger partial charge in [0, 0.05) is 29.8 Å². The molecule has 1 saturated carbocycles. The van der Waals surface area contributed by atoms with Crippen molar-refractivity contribution in [3.63, 3.8) is 0 Å². The summed E-state index contributed by atoms with van der Waals surface area (Å²) in [7, 11) is 0. The van der Waals surface area contributed by atoms with Gasteiger partial charge in [0.2, 0.25) is 0 Å². The molecule has 0 aromatic carbocycles. The first-order chi connectivity index (χ1) is 13.9. The van der Waals surface area contributed by atoms with Crippen LogP contribution in [0.3, 0.4) is 0 Å². The first-order valence-corrected chi connectivity index (χ1v) is 9.77. The Morgan fingerprint density at radius 2 is 1.83 bits per heavy atom. The van der Waals surface area contributed by atoms with E-state index < -0.39 is 0 Å². The molecule has 0 N–H and O–H groups in total. The molecule has 4 heterocycles. The van der Waals surface area contributed by atoms with Crippen molar-refractivity contribution in [1.82, 2.24) is 24.0 Å². The molecule has 0 spiro atoms. The average Bonchev–Trinajstić information content (AvgIpc) is 3.32. The molecule has 8 heteroatoms. The summed E-state index contributed by atoms with van der Waals surface area (Å²) in [6.45, 7) is 7.84. The van der Waals surface area contributed by atoms with Crippen LogP contribution in [0.4, 0.5) is 4.39 Å². The van der Waals surface area contributed by atoms with Crippen LogP contribution in [0, 0.1) is 30.9 Å². The van der Waals surface area contributed by atoms with Gasteiger partial charge in [-0.2, -0.15) is 5.10 Å². The minimum Gasteiger partial charge on any atom is -0.304 e. The summed E-state index contributed by atoms with van der Waals surface area (Å²) < 4.78 is 18.0. The number of hydrogen-bond donors (Lipinski definition) is 0. The largest absolute Gasteiger partial charge is 0.304 e. The van der Waals surface area contributed by atoms with Gasteiger partial charge in [0.25, 0.3) is 6.71 Å². The van der Waals surface area contributed by atoms with Gasteiger partial charge in [-0.25, -0.2) is 24.1 Å². The van der Waals surface area contributed by atoms with Crippen molar-refractivity contribution in [2.75, 3.05) is 0 Å². The zero-order valence-corrected chi connectivity index (χ0v) is 17.0. The highest BCUT2D eigenvalue weighted by molar-refractivity contribution is 6.64. The summed E-state index contributed by atoms with van der Waals surface area (Å²) >= 11 is 0. The maximum atomic E-state index is 14.5. The van der Waals surface area contributed by atoms with E-state index in [0.29, 0.717) is 11.6 Å². The topological polar surface area (TPSA) is 71.3 Å². The van der Waals surface area contributed by atoms with Crippen LogP contribution in [0.5, 0.6) is 0 Å². The van der Waals surface area contributed by atoms with E-state index in [-0.39, 0.29) is 12.5 Å². The van der Waals surface area contributed by atoms with Gasteiger partial charge in [-0.3, -0.25) is 0 Å². The van der Waals surface area contributed by atoms with Gasteiger partial charge in [0.05, 0.1) is 23.3 Å². The van der Waals surface area contributed by atoms with E-state index in [1.807, 2.05) is 58.1 Å². The van der Waals surface area contributed by atoms with Gasteiger partial charge in [-0.05, 0) is 44.4 Å². The predicted molar refractivity (Wildman–Crippen MR) is 112 cm³/mol. The van der Waals surface area contributed by atoms with Crippen LogP contribution in [0.1, 0.15) is 35.7 Å². The number of aromatic nitrogens is 5. The first-order valence-electron chi connectivity index (χ1n) is 9.77. The predicted octanol–water partition coefficient (Wildman–Crippen LogP) is 4.48. The highest BCUT2D eigenvalue weighted by atomic mass is 19.1. The molecule has 5 rings (SSSR count). The summed E-state index contributed by atoms with van der Waals surface area (Å²) in [5.74, 6) is 2.21. The fourth-order valence-corrected chi connectivity index (χ4v) is 3.18. The number of imidazole rings is 2. The lowest BCUT2D eigenvalue weighted by molar-refractivity contribution is 0.630. The summed E-state index contributed by atoms with van der Waals surface area (Å²) in [5.41, 5.74) is 5.58. The molecule has 0 bridgehead atoms. The molecule has 0 radical (unpaired) electrons. The minimum atomic E-state index is -0.319. The Balaban J connectivity index is 0.000000369. The average molecular weight is 388 g/mol. The van der Waals surface area contributed by atoms with Crippen LogP contribution < -0.4 is 0 Å². The van der Waals surface area contributed by atoms with E-state index in [1.54, 1.807) is 8.92 Å². The highest BCUT2D eigenvalue weighted by Gasteiger charge is 2.27. The molecule has 4 aromatic rings. The third kappa shape index (κ3) is 3.86. The molecule has 4 aromatic heterocycles. The van der Waals surface area contributed by atoms with Gasteiger partial charge < -0.3 is 4.40 Å². The van der Waals surface area contributed by atoms with E-state index in [0.717, 1.165) is 46.7 Å². The Hall–Kier alpha value is -3.21. The molecule has 146 valence electrons. The molecular formula is C21H22BFN6. The quantitative estimate of drug-likeness (QED) is 0.475. The lowest BCUT2D eigenvalue weighted by atomic mass is 9.57. The maximum Gasteiger partial charge on any atom is 0.261 e. The van der Waals surface area contributed by atoms with Crippen molar-refractivity contribution in [2.45, 2.75) is 46.3 Å². The molecule has 1 fully saturated rings. The van der Waals surface area contributed by atoms with E-state index in [4.69, 9.17) is 5.26 Å². The molecule has 0 amide bonds. The number of fused-ring (bicyclic) bond motifs is 2. The van der Waals surface area contributed by atoms with Crippen LogP contribution in [0.25, 0.3) is 22.6 Å². The molecule has 1 aliphatic rings. The molecule has 29 heavy (non-hydrogen) atoms. The van der Waals surface area contributed by atoms with Crippen LogP contribution in [0.2, 0.25) is 13.6 Å².